The van der Waals surface area contributed by atoms with Crippen LogP contribution in [-0.2, 0) is 20.8 Å². The molecule has 0 saturated carbocycles. The van der Waals surface area contributed by atoms with Crippen LogP contribution in [0.2, 0.25) is 0 Å². The third kappa shape index (κ3) is 6.35. The Morgan fingerprint density at radius 1 is 1.50 bits per heavy atom. The second-order valence-electron chi connectivity index (χ2n) is 5.83. The molecule has 2 rings (SSSR count). The summed E-state index contributed by atoms with van der Waals surface area (Å²) in [5, 5.41) is 0. The first-order valence-electron chi connectivity index (χ1n) is 8.27. The van der Waals surface area contributed by atoms with Gasteiger partial charge in [0.15, 0.2) is 0 Å². The average molecular weight is 402 g/mol. The van der Waals surface area contributed by atoms with E-state index >= 15 is 0 Å². The maximum atomic E-state index is 11.9. The minimum Gasteiger partial charge on any atom is -0.465 e. The van der Waals surface area contributed by atoms with Gasteiger partial charge in [0.05, 0.1) is 32.9 Å². The molecule has 7 nitrogen and oxygen atoms in total. The normalized spacial score (nSPS) is 15.6. The van der Waals surface area contributed by atoms with Crippen molar-refractivity contribution in [2.75, 3.05) is 58.3 Å². The molecule has 0 aliphatic carbocycles. The Morgan fingerprint density at radius 2 is 2.25 bits per heavy atom. The first kappa shape index (κ1) is 19.1. The Hall–Kier alpha value is -1.22. The fourth-order valence-corrected chi connectivity index (χ4v) is 3.07. The van der Waals surface area contributed by atoms with E-state index in [-0.39, 0.29) is 12.5 Å². The van der Waals surface area contributed by atoms with E-state index in [0.29, 0.717) is 19.0 Å². The molecule has 134 valence electrons. The fourth-order valence-electron chi connectivity index (χ4n) is 2.69. The summed E-state index contributed by atoms with van der Waals surface area (Å²) >= 11 is 3.42. The number of rotatable bonds is 8. The third-order valence-electron chi connectivity index (χ3n) is 4.00. The maximum absolute atomic E-state index is 11.9. The number of morpholine rings is 1. The molecule has 1 aromatic heterocycles. The van der Waals surface area contributed by atoms with Crippen LogP contribution >= 0.6 is 15.9 Å². The highest BCUT2D eigenvalue weighted by atomic mass is 79.9. The van der Waals surface area contributed by atoms with Crippen LogP contribution in [0.15, 0.2) is 16.7 Å². The van der Waals surface area contributed by atoms with Crippen molar-refractivity contribution in [1.29, 1.82) is 0 Å². The van der Waals surface area contributed by atoms with Gasteiger partial charge in [0.1, 0.15) is 18.9 Å². The summed E-state index contributed by atoms with van der Waals surface area (Å²) in [5.41, 5.74) is 6.88. The highest BCUT2D eigenvalue weighted by molar-refractivity contribution is 9.10. The van der Waals surface area contributed by atoms with Crippen molar-refractivity contribution in [1.82, 2.24) is 9.88 Å². The van der Waals surface area contributed by atoms with Gasteiger partial charge in [-0.05, 0) is 28.9 Å². The van der Waals surface area contributed by atoms with Gasteiger partial charge >= 0.3 is 5.97 Å². The van der Waals surface area contributed by atoms with Crippen LogP contribution in [-0.4, -0.2) is 68.4 Å². The number of aromatic nitrogens is 1. The summed E-state index contributed by atoms with van der Waals surface area (Å²) in [6.45, 7) is 8.40. The number of nitrogen functional groups attached to an aromatic ring is 1. The van der Waals surface area contributed by atoms with Crippen LogP contribution in [0.4, 0.5) is 5.82 Å². The third-order valence-corrected chi connectivity index (χ3v) is 4.44. The molecule has 1 aliphatic rings. The molecule has 0 unspecified atom stereocenters. The maximum Gasteiger partial charge on any atom is 0.320 e. The number of hydrogen-bond donors (Lipinski definition) is 2. The Balaban J connectivity index is 1.98. The summed E-state index contributed by atoms with van der Waals surface area (Å²) in [5.74, 6) is 0.279. The van der Waals surface area contributed by atoms with Gasteiger partial charge in [-0.3, -0.25) is 9.69 Å². The molecule has 0 radical (unpaired) electrons. The number of carbonyl (C=O) groups is 1. The highest BCUT2D eigenvalue weighted by Gasteiger charge is 2.19. The summed E-state index contributed by atoms with van der Waals surface area (Å²) < 4.78 is 11.4. The molecule has 0 spiro atoms. The molecular formula is C16H26BrN4O3+. The summed E-state index contributed by atoms with van der Waals surface area (Å²) in [6.07, 6.45) is 1.67. The number of ether oxygens (including phenoxy) is 2. The molecular weight excluding hydrogens is 376 g/mol. The van der Waals surface area contributed by atoms with E-state index in [1.165, 1.54) is 4.90 Å². The zero-order valence-electron chi connectivity index (χ0n) is 14.1. The number of anilines is 1. The van der Waals surface area contributed by atoms with E-state index in [0.717, 1.165) is 49.4 Å². The summed E-state index contributed by atoms with van der Waals surface area (Å²) in [6, 6.07) is 1.95. The SMILES string of the molecule is CCOC(=O)CN(CC[NH+]1CCOCC1)Cc1cc(Br)cnc1N. The van der Waals surface area contributed by atoms with E-state index in [9.17, 15) is 4.79 Å². The highest BCUT2D eigenvalue weighted by Crippen LogP contribution is 2.17. The van der Waals surface area contributed by atoms with Crippen molar-refractivity contribution in [2.45, 2.75) is 13.5 Å². The first-order chi connectivity index (χ1) is 11.6. The molecule has 3 N–H and O–H groups in total. The number of quaternary nitrogens is 1. The molecule has 0 atom stereocenters. The Bertz CT molecular complexity index is 538. The second kappa shape index (κ2) is 9.93. The number of nitrogens with one attached hydrogen (secondary N) is 1. The summed E-state index contributed by atoms with van der Waals surface area (Å²) in [4.78, 5) is 19.6. The molecule has 1 aliphatic heterocycles. The number of carbonyl (C=O) groups excluding carboxylic acids is 1. The minimum atomic E-state index is -0.212. The van der Waals surface area contributed by atoms with E-state index in [1.807, 2.05) is 13.0 Å². The van der Waals surface area contributed by atoms with Crippen molar-refractivity contribution < 1.29 is 19.2 Å². The van der Waals surface area contributed by atoms with Crippen LogP contribution in [0, 0.1) is 0 Å². The van der Waals surface area contributed by atoms with Gasteiger partial charge < -0.3 is 20.1 Å². The smallest absolute Gasteiger partial charge is 0.320 e. The molecule has 2 heterocycles. The van der Waals surface area contributed by atoms with E-state index in [4.69, 9.17) is 15.2 Å². The second-order valence-corrected chi connectivity index (χ2v) is 6.74. The van der Waals surface area contributed by atoms with Gasteiger partial charge in [-0.15, -0.1) is 0 Å². The zero-order valence-corrected chi connectivity index (χ0v) is 15.7. The lowest BCUT2D eigenvalue weighted by Crippen LogP contribution is -3.14. The molecule has 0 aromatic carbocycles. The number of halogens is 1. The van der Waals surface area contributed by atoms with Crippen LogP contribution in [0.3, 0.4) is 0 Å². The molecule has 8 heteroatoms. The van der Waals surface area contributed by atoms with Gasteiger partial charge in [0.2, 0.25) is 0 Å². The van der Waals surface area contributed by atoms with Crippen molar-refractivity contribution in [3.8, 4) is 0 Å². The predicted octanol–water partition coefficient (Wildman–Crippen LogP) is -0.293. The summed E-state index contributed by atoms with van der Waals surface area (Å²) in [7, 11) is 0. The van der Waals surface area contributed by atoms with E-state index < -0.39 is 0 Å². The Morgan fingerprint density at radius 3 is 2.96 bits per heavy atom. The van der Waals surface area contributed by atoms with Crippen molar-refractivity contribution in [3.05, 3.63) is 22.3 Å². The lowest BCUT2D eigenvalue weighted by Gasteiger charge is -2.27. The fraction of sp³-hybridized carbons (Fsp3) is 0.625. The topological polar surface area (TPSA) is 82.1 Å². The number of nitrogens with two attached hydrogens (primary N) is 1. The molecule has 0 bridgehead atoms. The van der Waals surface area contributed by atoms with Crippen molar-refractivity contribution >= 4 is 27.7 Å². The van der Waals surface area contributed by atoms with E-state index in [1.54, 1.807) is 6.20 Å². The molecule has 0 amide bonds. The molecule has 24 heavy (non-hydrogen) atoms. The lowest BCUT2D eigenvalue weighted by molar-refractivity contribution is -0.907. The Kier molecular flexibility index (Phi) is 7.90. The average Bonchev–Trinajstić information content (AvgIpc) is 2.57. The van der Waals surface area contributed by atoms with Gasteiger partial charge in [-0.25, -0.2) is 4.98 Å². The number of esters is 1. The van der Waals surface area contributed by atoms with Gasteiger partial charge in [0.25, 0.3) is 0 Å². The molecule has 1 aromatic rings. The molecule has 1 saturated heterocycles. The standard InChI is InChI=1S/C16H25BrN4O3/c1-2-24-15(22)12-21(4-3-20-5-7-23-8-6-20)11-13-9-14(17)10-19-16(13)18/h9-10H,2-8,11-12H2,1H3,(H2,18,19)/p+1. The Labute approximate surface area is 151 Å². The number of nitrogens with zero attached hydrogens (tertiary/aromatic N) is 2. The minimum absolute atomic E-state index is 0.212. The van der Waals surface area contributed by atoms with Crippen LogP contribution in [0.25, 0.3) is 0 Å². The quantitative estimate of drug-likeness (QED) is 0.582. The van der Waals surface area contributed by atoms with Crippen LogP contribution in [0.1, 0.15) is 12.5 Å². The van der Waals surface area contributed by atoms with Gasteiger partial charge in [-0.2, -0.15) is 0 Å². The van der Waals surface area contributed by atoms with Crippen molar-refractivity contribution in [3.63, 3.8) is 0 Å². The monoisotopic (exact) mass is 401 g/mol. The number of hydrogen-bond acceptors (Lipinski definition) is 6. The number of pyridine rings is 1. The van der Waals surface area contributed by atoms with Crippen molar-refractivity contribution in [2.24, 2.45) is 0 Å². The van der Waals surface area contributed by atoms with Gasteiger partial charge in [0, 0.05) is 29.3 Å². The largest absolute Gasteiger partial charge is 0.465 e. The predicted molar refractivity (Wildman–Crippen MR) is 94.6 cm³/mol. The van der Waals surface area contributed by atoms with Gasteiger partial charge in [-0.1, -0.05) is 0 Å². The van der Waals surface area contributed by atoms with E-state index in [2.05, 4.69) is 25.8 Å². The molecule has 1 fully saturated rings. The first-order valence-corrected chi connectivity index (χ1v) is 9.07. The van der Waals surface area contributed by atoms with Crippen LogP contribution < -0.4 is 10.6 Å². The lowest BCUT2D eigenvalue weighted by atomic mass is 10.2. The van der Waals surface area contributed by atoms with Crippen LogP contribution in [0.5, 0.6) is 0 Å². The zero-order chi connectivity index (χ0) is 17.4.